The van der Waals surface area contributed by atoms with E-state index >= 15 is 0 Å². The Balaban J connectivity index is 4.17. The van der Waals surface area contributed by atoms with Crippen LogP contribution in [0.1, 0.15) is 219 Å². The Morgan fingerprint density at radius 2 is 0.965 bits per heavy atom. The summed E-state index contributed by atoms with van der Waals surface area (Å²) in [6.45, 7) is 5.63. The van der Waals surface area contributed by atoms with E-state index in [1.54, 1.807) is 0 Å². The molecule has 0 radical (unpaired) electrons. The van der Waals surface area contributed by atoms with Crippen LogP contribution in [0.2, 0.25) is 0 Å². The number of unbranched alkanes of at least 4 members (excludes halogenated alkanes) is 27. The number of ether oxygens (including phenoxy) is 2. The van der Waals surface area contributed by atoms with E-state index < -0.39 is 13.9 Å². The summed E-state index contributed by atoms with van der Waals surface area (Å²) in [6, 6.07) is 0. The molecule has 0 aliphatic carbocycles. The number of phosphoric acid groups is 1. The van der Waals surface area contributed by atoms with Crippen molar-refractivity contribution in [1.82, 2.24) is 0 Å². The monoisotopic (exact) mass is 829 g/mol. The molecule has 2 atom stereocenters. The Morgan fingerprint density at radius 1 is 0.544 bits per heavy atom. The van der Waals surface area contributed by atoms with E-state index in [0.29, 0.717) is 24.1 Å². The van der Waals surface area contributed by atoms with Crippen molar-refractivity contribution < 1.29 is 37.3 Å². The van der Waals surface area contributed by atoms with E-state index in [1.807, 2.05) is 21.1 Å². The molecular weight excluding hydrogens is 734 g/mol. The van der Waals surface area contributed by atoms with E-state index in [2.05, 4.69) is 38.2 Å². The molecule has 8 nitrogen and oxygen atoms in total. The minimum Gasteiger partial charge on any atom is -0.457 e. The summed E-state index contributed by atoms with van der Waals surface area (Å²) in [6.07, 6.45) is 47.8. The SMILES string of the molecule is CCCCCC/C=C\C/C=C\CCCCCCCC(=O)OC(COCCCCCCCCCCCCCCCCCCCCC)COP(=O)(O)OCC[N+](C)(C)C. The third-order valence-corrected chi connectivity index (χ3v) is 11.5. The van der Waals surface area contributed by atoms with E-state index in [0.717, 1.165) is 57.8 Å². The number of phosphoric ester groups is 1. The number of hydrogen-bond donors (Lipinski definition) is 1. The predicted octanol–water partition coefficient (Wildman–Crippen LogP) is 14.4. The lowest BCUT2D eigenvalue weighted by atomic mass is 10.0. The molecule has 1 N–H and O–H groups in total. The lowest BCUT2D eigenvalue weighted by Gasteiger charge is -2.24. The van der Waals surface area contributed by atoms with Crippen LogP contribution >= 0.6 is 7.82 Å². The summed E-state index contributed by atoms with van der Waals surface area (Å²) in [5.74, 6) is -0.323. The highest BCUT2D eigenvalue weighted by atomic mass is 31.2. The highest BCUT2D eigenvalue weighted by molar-refractivity contribution is 7.47. The molecule has 0 fully saturated rings. The second-order valence-electron chi connectivity index (χ2n) is 17.5. The molecule has 0 aromatic rings. The Labute approximate surface area is 353 Å². The zero-order chi connectivity index (χ0) is 42.0. The quantitative estimate of drug-likeness (QED) is 0.0215. The molecular formula is C48H95NO7P+. The maximum atomic E-state index is 12.7. The topological polar surface area (TPSA) is 91.3 Å². The van der Waals surface area contributed by atoms with E-state index in [-0.39, 0.29) is 25.8 Å². The molecule has 0 heterocycles. The number of likely N-dealkylation sites (N-methyl/N-ethyl adjacent to an activating group) is 1. The fraction of sp³-hybridized carbons (Fsp3) is 0.896. The molecule has 0 saturated carbocycles. The number of quaternary nitrogens is 1. The highest BCUT2D eigenvalue weighted by Gasteiger charge is 2.26. The van der Waals surface area contributed by atoms with Gasteiger partial charge in [0, 0.05) is 13.0 Å². The van der Waals surface area contributed by atoms with Gasteiger partial charge in [-0.3, -0.25) is 13.8 Å². The molecule has 0 aromatic heterocycles. The number of nitrogens with zero attached hydrogens (tertiary/aromatic N) is 1. The third-order valence-electron chi connectivity index (χ3n) is 10.5. The van der Waals surface area contributed by atoms with Gasteiger partial charge in [0.15, 0.2) is 0 Å². The molecule has 2 unspecified atom stereocenters. The zero-order valence-corrected chi connectivity index (χ0v) is 39.2. The van der Waals surface area contributed by atoms with Crippen LogP contribution in [-0.4, -0.2) is 75.6 Å². The molecule has 0 amide bonds. The van der Waals surface area contributed by atoms with Crippen molar-refractivity contribution in [2.45, 2.75) is 225 Å². The van der Waals surface area contributed by atoms with Crippen molar-refractivity contribution in [2.75, 3.05) is 54.1 Å². The van der Waals surface area contributed by atoms with Crippen molar-refractivity contribution in [3.8, 4) is 0 Å². The predicted molar refractivity (Wildman–Crippen MR) is 243 cm³/mol. The van der Waals surface area contributed by atoms with Crippen LogP contribution in [0.4, 0.5) is 0 Å². The lowest BCUT2D eigenvalue weighted by molar-refractivity contribution is -0.870. The number of carbonyl (C=O) groups is 1. The van der Waals surface area contributed by atoms with Crippen molar-refractivity contribution in [3.63, 3.8) is 0 Å². The number of hydrogen-bond acceptors (Lipinski definition) is 6. The van der Waals surface area contributed by atoms with Crippen LogP contribution in [0.25, 0.3) is 0 Å². The first kappa shape index (κ1) is 56.0. The first-order valence-corrected chi connectivity index (χ1v) is 25.6. The summed E-state index contributed by atoms with van der Waals surface area (Å²) in [7, 11) is 1.67. The van der Waals surface area contributed by atoms with Crippen LogP contribution < -0.4 is 0 Å². The average Bonchev–Trinajstić information content (AvgIpc) is 3.16. The molecule has 9 heteroatoms. The first-order chi connectivity index (χ1) is 27.6. The van der Waals surface area contributed by atoms with E-state index in [9.17, 15) is 14.3 Å². The van der Waals surface area contributed by atoms with Gasteiger partial charge in [0.05, 0.1) is 34.4 Å². The minimum absolute atomic E-state index is 0.0878. The molecule has 0 aliphatic rings. The van der Waals surface area contributed by atoms with Crippen molar-refractivity contribution >= 4 is 13.8 Å². The molecule has 0 rings (SSSR count). The minimum atomic E-state index is -4.28. The molecule has 338 valence electrons. The van der Waals surface area contributed by atoms with Crippen molar-refractivity contribution in [1.29, 1.82) is 0 Å². The second-order valence-corrected chi connectivity index (χ2v) is 19.0. The maximum Gasteiger partial charge on any atom is 0.472 e. The Kier molecular flexibility index (Phi) is 41.0. The number of rotatable bonds is 45. The van der Waals surface area contributed by atoms with Gasteiger partial charge in [-0.2, -0.15) is 0 Å². The van der Waals surface area contributed by atoms with Gasteiger partial charge in [0.25, 0.3) is 0 Å². The van der Waals surface area contributed by atoms with Crippen LogP contribution in [0.15, 0.2) is 24.3 Å². The van der Waals surface area contributed by atoms with E-state index in [1.165, 1.54) is 141 Å². The van der Waals surface area contributed by atoms with Crippen molar-refractivity contribution in [2.24, 2.45) is 0 Å². The average molecular weight is 829 g/mol. The summed E-state index contributed by atoms with van der Waals surface area (Å²) in [5, 5.41) is 0. The van der Waals surface area contributed by atoms with Crippen LogP contribution in [0.3, 0.4) is 0 Å². The zero-order valence-electron chi connectivity index (χ0n) is 38.3. The number of carbonyl (C=O) groups excluding carboxylic acids is 1. The number of esters is 1. The van der Waals surface area contributed by atoms with Crippen LogP contribution in [0, 0.1) is 0 Å². The van der Waals surface area contributed by atoms with Gasteiger partial charge in [-0.25, -0.2) is 4.57 Å². The van der Waals surface area contributed by atoms with Gasteiger partial charge in [0.1, 0.15) is 19.3 Å². The standard InChI is InChI=1S/C48H94NO7P/c1-6-8-10-12-14-16-18-20-22-24-25-26-28-30-32-34-36-38-40-43-53-45-47(46-55-57(51,52)54-44-42-49(3,4)5)56-48(50)41-39-37-35-33-31-29-27-23-21-19-17-15-13-11-9-7-2/h17,19,23,27,47H,6-16,18,20-22,24-26,28-46H2,1-5H3/p+1/b19-17-,27-23-. The molecule has 0 aliphatic heterocycles. The van der Waals surface area contributed by atoms with E-state index in [4.69, 9.17) is 18.5 Å². The lowest BCUT2D eigenvalue weighted by Crippen LogP contribution is -2.37. The van der Waals surface area contributed by atoms with Gasteiger partial charge >= 0.3 is 13.8 Å². The Hall–Kier alpha value is -1.02. The fourth-order valence-electron chi connectivity index (χ4n) is 6.76. The smallest absolute Gasteiger partial charge is 0.457 e. The molecule has 0 aromatic carbocycles. The third kappa shape index (κ3) is 45.9. The highest BCUT2D eigenvalue weighted by Crippen LogP contribution is 2.43. The summed E-state index contributed by atoms with van der Waals surface area (Å²) < 4.78 is 35.1. The maximum absolute atomic E-state index is 12.7. The molecule has 0 saturated heterocycles. The first-order valence-electron chi connectivity index (χ1n) is 24.1. The van der Waals surface area contributed by atoms with Crippen molar-refractivity contribution in [3.05, 3.63) is 24.3 Å². The normalized spacial score (nSPS) is 13.9. The summed E-state index contributed by atoms with van der Waals surface area (Å²) in [4.78, 5) is 22.9. The van der Waals surface area contributed by atoms with Gasteiger partial charge < -0.3 is 18.9 Å². The summed E-state index contributed by atoms with van der Waals surface area (Å²) in [5.41, 5.74) is 0. The van der Waals surface area contributed by atoms with Crippen LogP contribution in [-0.2, 0) is 27.9 Å². The second kappa shape index (κ2) is 41.7. The number of allylic oxidation sites excluding steroid dienone is 4. The molecule has 0 spiro atoms. The van der Waals surface area contributed by atoms with Gasteiger partial charge in [-0.15, -0.1) is 0 Å². The Bertz CT molecular complexity index is 967. The van der Waals surface area contributed by atoms with Gasteiger partial charge in [0.2, 0.25) is 0 Å². The Morgan fingerprint density at radius 3 is 1.44 bits per heavy atom. The van der Waals surface area contributed by atoms with Gasteiger partial charge in [-0.1, -0.05) is 192 Å². The van der Waals surface area contributed by atoms with Crippen LogP contribution in [0.5, 0.6) is 0 Å². The fourth-order valence-corrected chi connectivity index (χ4v) is 7.50. The summed E-state index contributed by atoms with van der Waals surface area (Å²) >= 11 is 0. The molecule has 57 heavy (non-hydrogen) atoms. The van der Waals surface area contributed by atoms with Gasteiger partial charge in [-0.05, 0) is 44.9 Å². The molecule has 0 bridgehead atoms. The largest absolute Gasteiger partial charge is 0.472 e.